The summed E-state index contributed by atoms with van der Waals surface area (Å²) in [6.45, 7) is 1.74. The number of hydrogen-bond donors (Lipinski definition) is 1. The molecule has 1 atom stereocenters. The Morgan fingerprint density at radius 2 is 2.00 bits per heavy atom. The summed E-state index contributed by atoms with van der Waals surface area (Å²) < 4.78 is 5.24. The van der Waals surface area contributed by atoms with Gasteiger partial charge in [0.2, 0.25) is 0 Å². The standard InChI is InChI=1S/C9H16O2S/c1-7(12)9(10)11-8-5-3-2-4-6-8/h7-8,12H,2-6H2,1H3/t7-/m0/s1. The molecule has 0 N–H and O–H groups in total. The molecule has 1 aliphatic rings. The highest BCUT2D eigenvalue weighted by atomic mass is 32.1. The van der Waals surface area contributed by atoms with Gasteiger partial charge in [-0.15, -0.1) is 0 Å². The van der Waals surface area contributed by atoms with Crippen LogP contribution in [0.2, 0.25) is 0 Å². The molecule has 0 heterocycles. The minimum absolute atomic E-state index is 0.167. The zero-order chi connectivity index (χ0) is 8.97. The molecule has 1 aliphatic carbocycles. The molecular formula is C9H16O2S. The summed E-state index contributed by atoms with van der Waals surface area (Å²) in [4.78, 5) is 11.1. The molecule has 0 bridgehead atoms. The van der Waals surface area contributed by atoms with Crippen molar-refractivity contribution in [2.24, 2.45) is 0 Å². The molecule has 0 saturated heterocycles. The smallest absolute Gasteiger partial charge is 0.318 e. The van der Waals surface area contributed by atoms with Crippen molar-refractivity contribution in [1.29, 1.82) is 0 Å². The van der Waals surface area contributed by atoms with Gasteiger partial charge < -0.3 is 4.74 Å². The molecule has 0 aromatic rings. The lowest BCUT2D eigenvalue weighted by molar-refractivity contribution is -0.149. The van der Waals surface area contributed by atoms with Gasteiger partial charge in [-0.2, -0.15) is 12.6 Å². The van der Waals surface area contributed by atoms with E-state index in [2.05, 4.69) is 12.6 Å². The molecule has 0 radical (unpaired) electrons. The zero-order valence-electron chi connectivity index (χ0n) is 7.45. The number of hydrogen-bond acceptors (Lipinski definition) is 3. The summed E-state index contributed by atoms with van der Waals surface area (Å²) in [5.74, 6) is -0.176. The Labute approximate surface area is 79.1 Å². The predicted molar refractivity (Wildman–Crippen MR) is 51.4 cm³/mol. The molecule has 0 aliphatic heterocycles. The first-order valence-corrected chi connectivity index (χ1v) is 5.10. The minimum atomic E-state index is -0.285. The highest BCUT2D eigenvalue weighted by molar-refractivity contribution is 7.81. The van der Waals surface area contributed by atoms with Crippen LogP contribution in [0.5, 0.6) is 0 Å². The van der Waals surface area contributed by atoms with E-state index in [1.54, 1.807) is 6.92 Å². The van der Waals surface area contributed by atoms with Crippen LogP contribution in [-0.2, 0) is 9.53 Å². The van der Waals surface area contributed by atoms with E-state index in [1.807, 2.05) is 0 Å². The quantitative estimate of drug-likeness (QED) is 0.531. The van der Waals surface area contributed by atoms with E-state index in [0.717, 1.165) is 12.8 Å². The van der Waals surface area contributed by atoms with Gasteiger partial charge in [-0.1, -0.05) is 6.42 Å². The summed E-state index contributed by atoms with van der Waals surface area (Å²) in [6.07, 6.45) is 5.90. The molecule has 0 aromatic heterocycles. The van der Waals surface area contributed by atoms with Crippen molar-refractivity contribution in [2.45, 2.75) is 50.4 Å². The van der Waals surface area contributed by atoms with Gasteiger partial charge in [0.25, 0.3) is 0 Å². The fraction of sp³-hybridized carbons (Fsp3) is 0.889. The predicted octanol–water partition coefficient (Wildman–Crippen LogP) is 2.18. The molecule has 1 rings (SSSR count). The van der Waals surface area contributed by atoms with Crippen molar-refractivity contribution in [3.63, 3.8) is 0 Å². The average Bonchev–Trinajstić information content (AvgIpc) is 2.06. The lowest BCUT2D eigenvalue weighted by Crippen LogP contribution is -2.24. The van der Waals surface area contributed by atoms with E-state index >= 15 is 0 Å². The molecule has 1 saturated carbocycles. The number of esters is 1. The van der Waals surface area contributed by atoms with Gasteiger partial charge in [0.1, 0.15) is 6.10 Å². The number of rotatable bonds is 2. The number of ether oxygens (including phenoxy) is 1. The lowest BCUT2D eigenvalue weighted by atomic mass is 9.98. The van der Waals surface area contributed by atoms with Crippen molar-refractivity contribution < 1.29 is 9.53 Å². The van der Waals surface area contributed by atoms with Crippen LogP contribution < -0.4 is 0 Å². The summed E-state index contributed by atoms with van der Waals surface area (Å²) in [5.41, 5.74) is 0. The maximum atomic E-state index is 11.1. The molecule has 70 valence electrons. The highest BCUT2D eigenvalue weighted by Gasteiger charge is 2.19. The summed E-state index contributed by atoms with van der Waals surface area (Å²) in [6, 6.07) is 0. The Balaban J connectivity index is 2.24. The van der Waals surface area contributed by atoms with E-state index in [0.29, 0.717) is 0 Å². The maximum Gasteiger partial charge on any atom is 0.318 e. The first-order chi connectivity index (χ1) is 5.70. The first-order valence-electron chi connectivity index (χ1n) is 4.58. The van der Waals surface area contributed by atoms with Gasteiger partial charge in [-0.25, -0.2) is 0 Å². The fourth-order valence-corrected chi connectivity index (χ4v) is 1.51. The van der Waals surface area contributed by atoms with E-state index < -0.39 is 0 Å². The molecule has 0 amide bonds. The van der Waals surface area contributed by atoms with E-state index in [9.17, 15) is 4.79 Å². The minimum Gasteiger partial charge on any atom is -0.462 e. The second-order valence-corrected chi connectivity index (χ2v) is 4.15. The monoisotopic (exact) mass is 188 g/mol. The fourth-order valence-electron chi connectivity index (χ4n) is 1.45. The second kappa shape index (κ2) is 4.75. The van der Waals surface area contributed by atoms with E-state index in [-0.39, 0.29) is 17.3 Å². The highest BCUT2D eigenvalue weighted by Crippen LogP contribution is 2.20. The maximum absolute atomic E-state index is 11.1. The van der Waals surface area contributed by atoms with Crippen molar-refractivity contribution in [1.82, 2.24) is 0 Å². The van der Waals surface area contributed by atoms with Crippen LogP contribution in [0.4, 0.5) is 0 Å². The van der Waals surface area contributed by atoms with Crippen molar-refractivity contribution in [2.75, 3.05) is 0 Å². The Bertz CT molecular complexity index is 151. The van der Waals surface area contributed by atoms with Crippen LogP contribution in [0.3, 0.4) is 0 Å². The topological polar surface area (TPSA) is 26.3 Å². The van der Waals surface area contributed by atoms with Gasteiger partial charge in [0, 0.05) is 0 Å². The SMILES string of the molecule is C[C@H](S)C(=O)OC1CCCCC1. The molecule has 2 nitrogen and oxygen atoms in total. The van der Waals surface area contributed by atoms with Gasteiger partial charge in [0.05, 0.1) is 5.25 Å². The number of thiol groups is 1. The van der Waals surface area contributed by atoms with Crippen LogP contribution in [0, 0.1) is 0 Å². The third-order valence-corrected chi connectivity index (χ3v) is 2.39. The third kappa shape index (κ3) is 3.05. The van der Waals surface area contributed by atoms with Crippen molar-refractivity contribution in [3.8, 4) is 0 Å². The Hall–Kier alpha value is -0.180. The van der Waals surface area contributed by atoms with Gasteiger partial charge in [0.15, 0.2) is 0 Å². The number of carbonyl (C=O) groups excluding carboxylic acids is 1. The Morgan fingerprint density at radius 3 is 2.50 bits per heavy atom. The normalized spacial score (nSPS) is 21.8. The molecule has 0 aromatic carbocycles. The molecule has 12 heavy (non-hydrogen) atoms. The molecular weight excluding hydrogens is 172 g/mol. The third-order valence-electron chi connectivity index (χ3n) is 2.18. The molecule has 0 spiro atoms. The zero-order valence-corrected chi connectivity index (χ0v) is 8.35. The van der Waals surface area contributed by atoms with E-state index in [4.69, 9.17) is 4.74 Å². The van der Waals surface area contributed by atoms with Crippen LogP contribution in [0.15, 0.2) is 0 Å². The Morgan fingerprint density at radius 1 is 1.42 bits per heavy atom. The second-order valence-electron chi connectivity index (χ2n) is 3.37. The first kappa shape index (κ1) is 9.90. The van der Waals surface area contributed by atoms with Gasteiger partial charge >= 0.3 is 5.97 Å². The largest absolute Gasteiger partial charge is 0.462 e. The van der Waals surface area contributed by atoms with Crippen LogP contribution in [-0.4, -0.2) is 17.3 Å². The number of carbonyl (C=O) groups is 1. The molecule has 0 unspecified atom stereocenters. The van der Waals surface area contributed by atoms with Crippen molar-refractivity contribution in [3.05, 3.63) is 0 Å². The van der Waals surface area contributed by atoms with Crippen LogP contribution >= 0.6 is 12.6 Å². The van der Waals surface area contributed by atoms with Gasteiger partial charge in [-0.05, 0) is 32.6 Å². The molecule has 1 fully saturated rings. The van der Waals surface area contributed by atoms with Gasteiger partial charge in [-0.3, -0.25) is 4.79 Å². The summed E-state index contributed by atoms with van der Waals surface area (Å²) >= 11 is 4.02. The summed E-state index contributed by atoms with van der Waals surface area (Å²) in [7, 11) is 0. The van der Waals surface area contributed by atoms with Crippen LogP contribution in [0.25, 0.3) is 0 Å². The molecule has 3 heteroatoms. The van der Waals surface area contributed by atoms with Crippen LogP contribution in [0.1, 0.15) is 39.0 Å². The summed E-state index contributed by atoms with van der Waals surface area (Å²) in [5, 5.41) is -0.285. The van der Waals surface area contributed by atoms with E-state index in [1.165, 1.54) is 19.3 Å². The Kier molecular flexibility index (Phi) is 3.92. The lowest BCUT2D eigenvalue weighted by Gasteiger charge is -2.22. The average molecular weight is 188 g/mol. The van der Waals surface area contributed by atoms with Crippen molar-refractivity contribution >= 4 is 18.6 Å².